The number of phenols is 1. The van der Waals surface area contributed by atoms with E-state index in [2.05, 4.69) is 22.4 Å². The molecule has 42 heavy (non-hydrogen) atoms. The number of aliphatic hydroxyl groups excluding tert-OH is 2. The highest BCUT2D eigenvalue weighted by atomic mass is 16.4. The highest BCUT2D eigenvalue weighted by Crippen LogP contribution is 2.40. The predicted octanol–water partition coefficient (Wildman–Crippen LogP) is 4.34. The Hall–Kier alpha value is -4.55. The number of benzene rings is 3. The van der Waals surface area contributed by atoms with Crippen LogP contribution in [0.15, 0.2) is 77.1 Å². The molecule has 9 N–H and O–H groups in total. The summed E-state index contributed by atoms with van der Waals surface area (Å²) in [6.45, 7) is 2.78. The first-order chi connectivity index (χ1) is 20.2. The van der Waals surface area contributed by atoms with Gasteiger partial charge in [-0.05, 0) is 78.8 Å². The number of para-hydroxylation sites is 1. The van der Waals surface area contributed by atoms with Crippen LogP contribution in [0, 0.1) is 6.92 Å². The SMILES string of the molecule is Cc1cn(-c2ccc3c(c2)CCC3)c(O)c1N=Nc1cccc(-c2cccc(C(=O)O)c2)c1O.NCCO.NCCO. The summed E-state index contributed by atoms with van der Waals surface area (Å²) in [5.74, 6) is -1.19. The van der Waals surface area contributed by atoms with Crippen LogP contribution in [0.5, 0.6) is 11.6 Å². The second-order valence-corrected chi connectivity index (χ2v) is 9.44. The first-order valence-electron chi connectivity index (χ1n) is 13.5. The summed E-state index contributed by atoms with van der Waals surface area (Å²) in [5.41, 5.74) is 15.5. The Labute approximate surface area is 244 Å². The van der Waals surface area contributed by atoms with E-state index in [0.29, 0.717) is 29.9 Å². The number of rotatable bonds is 7. The van der Waals surface area contributed by atoms with Crippen molar-refractivity contribution >= 4 is 17.3 Å². The van der Waals surface area contributed by atoms with E-state index in [9.17, 15) is 20.1 Å². The first kappa shape index (κ1) is 32.0. The number of phenolic OH excluding ortho intramolecular Hbond substituents is 1. The van der Waals surface area contributed by atoms with Gasteiger partial charge in [-0.3, -0.25) is 4.57 Å². The second-order valence-electron chi connectivity index (χ2n) is 9.44. The van der Waals surface area contributed by atoms with Crippen LogP contribution in [-0.2, 0) is 12.8 Å². The van der Waals surface area contributed by atoms with Crippen LogP contribution in [0.25, 0.3) is 16.8 Å². The molecule has 0 radical (unpaired) electrons. The molecule has 0 saturated heterocycles. The van der Waals surface area contributed by atoms with E-state index >= 15 is 0 Å². The minimum absolute atomic E-state index is 0.0241. The zero-order valence-corrected chi connectivity index (χ0v) is 23.4. The molecule has 0 aliphatic heterocycles. The molecular weight excluding hydrogens is 538 g/mol. The normalized spacial score (nSPS) is 11.8. The Morgan fingerprint density at radius 1 is 0.905 bits per heavy atom. The molecule has 11 heteroatoms. The highest BCUT2D eigenvalue weighted by molar-refractivity contribution is 5.90. The third-order valence-corrected chi connectivity index (χ3v) is 6.45. The lowest BCUT2D eigenvalue weighted by molar-refractivity contribution is 0.0697. The summed E-state index contributed by atoms with van der Waals surface area (Å²) in [6.07, 6.45) is 5.10. The van der Waals surface area contributed by atoms with Crippen molar-refractivity contribution in [3.63, 3.8) is 0 Å². The Bertz CT molecular complexity index is 1520. The van der Waals surface area contributed by atoms with Crippen LogP contribution in [-0.4, -0.2) is 62.4 Å². The third-order valence-electron chi connectivity index (χ3n) is 6.45. The molecule has 1 aliphatic carbocycles. The quantitative estimate of drug-likeness (QED) is 0.158. The average molecular weight is 576 g/mol. The van der Waals surface area contributed by atoms with Crippen molar-refractivity contribution in [3.05, 3.63) is 89.1 Å². The number of nitrogens with two attached hydrogens (primary N) is 2. The number of aryl methyl sites for hydroxylation is 3. The summed E-state index contributed by atoms with van der Waals surface area (Å²) in [6, 6.07) is 17.5. The van der Waals surface area contributed by atoms with Gasteiger partial charge in [-0.25, -0.2) is 4.79 Å². The van der Waals surface area contributed by atoms with Crippen LogP contribution < -0.4 is 11.5 Å². The molecule has 0 unspecified atom stereocenters. The number of carboxylic acid groups (broad SMARTS) is 1. The topological polar surface area (TPSA) is 200 Å². The maximum Gasteiger partial charge on any atom is 0.335 e. The molecular formula is C31H37N5O6. The smallest absolute Gasteiger partial charge is 0.335 e. The number of hydrogen-bond donors (Lipinski definition) is 7. The first-order valence-corrected chi connectivity index (χ1v) is 13.5. The fraction of sp³-hybridized carbons (Fsp3) is 0.258. The van der Waals surface area contributed by atoms with Gasteiger partial charge in [0.25, 0.3) is 0 Å². The van der Waals surface area contributed by atoms with E-state index in [1.807, 2.05) is 19.2 Å². The van der Waals surface area contributed by atoms with Crippen molar-refractivity contribution in [2.75, 3.05) is 26.3 Å². The highest BCUT2D eigenvalue weighted by Gasteiger charge is 2.17. The molecule has 0 amide bonds. The molecule has 1 aliphatic rings. The van der Waals surface area contributed by atoms with Crippen molar-refractivity contribution in [2.45, 2.75) is 26.2 Å². The lowest BCUT2D eigenvalue weighted by atomic mass is 10.0. The number of nitrogens with zero attached hydrogens (tertiary/aromatic N) is 3. The molecule has 1 heterocycles. The summed E-state index contributed by atoms with van der Waals surface area (Å²) >= 11 is 0. The van der Waals surface area contributed by atoms with Crippen LogP contribution in [0.1, 0.15) is 33.5 Å². The van der Waals surface area contributed by atoms with E-state index in [1.54, 1.807) is 34.9 Å². The largest absolute Gasteiger partial charge is 0.505 e. The fourth-order valence-corrected chi connectivity index (χ4v) is 4.40. The molecule has 0 spiro atoms. The van der Waals surface area contributed by atoms with Crippen LogP contribution >= 0.6 is 0 Å². The number of aliphatic hydroxyl groups is 2. The maximum absolute atomic E-state index is 11.3. The van der Waals surface area contributed by atoms with Crippen molar-refractivity contribution in [2.24, 2.45) is 21.7 Å². The Morgan fingerprint density at radius 3 is 2.24 bits per heavy atom. The van der Waals surface area contributed by atoms with E-state index in [0.717, 1.165) is 30.5 Å². The van der Waals surface area contributed by atoms with Gasteiger partial charge < -0.3 is 37.0 Å². The van der Waals surface area contributed by atoms with Crippen molar-refractivity contribution in [1.82, 2.24) is 4.57 Å². The number of aromatic hydroxyl groups is 2. The van der Waals surface area contributed by atoms with Crippen LogP contribution in [0.4, 0.5) is 11.4 Å². The van der Waals surface area contributed by atoms with Gasteiger partial charge in [0.1, 0.15) is 5.69 Å². The maximum atomic E-state index is 11.3. The molecule has 0 saturated carbocycles. The lowest BCUT2D eigenvalue weighted by Gasteiger charge is -2.08. The van der Waals surface area contributed by atoms with Gasteiger partial charge >= 0.3 is 5.97 Å². The zero-order chi connectivity index (χ0) is 30.6. The number of carbonyl (C=O) groups is 1. The number of hydrogen-bond acceptors (Lipinski definition) is 9. The van der Waals surface area contributed by atoms with E-state index < -0.39 is 5.97 Å². The number of fused-ring (bicyclic) bond motifs is 1. The standard InChI is InChI=1S/C27H23N3O4.2C2H7NO/c1-16-15-30(21-12-11-17-5-2-6-18(17)14-21)26(32)24(16)29-28-23-10-4-9-22(25(23)31)19-7-3-8-20(13-19)27(33)34;2*3-1-2-4/h3-4,7-15,31-32H,2,5-6H2,1H3,(H,33,34);2*4H,1-3H2. The summed E-state index contributed by atoms with van der Waals surface area (Å²) in [5, 5.41) is 54.8. The van der Waals surface area contributed by atoms with Gasteiger partial charge in [0.2, 0.25) is 5.88 Å². The molecule has 0 bridgehead atoms. The third kappa shape index (κ3) is 7.80. The minimum atomic E-state index is -1.05. The van der Waals surface area contributed by atoms with E-state index in [1.165, 1.54) is 23.3 Å². The molecule has 0 atom stereocenters. The number of azo groups is 1. The number of aromatic nitrogens is 1. The van der Waals surface area contributed by atoms with Gasteiger partial charge in [0, 0.05) is 30.5 Å². The molecule has 0 fully saturated rings. The summed E-state index contributed by atoms with van der Waals surface area (Å²) in [7, 11) is 0. The lowest BCUT2D eigenvalue weighted by Crippen LogP contribution is -2.02. The monoisotopic (exact) mass is 575 g/mol. The zero-order valence-electron chi connectivity index (χ0n) is 23.4. The molecule has 11 nitrogen and oxygen atoms in total. The van der Waals surface area contributed by atoms with Gasteiger partial charge in [-0.1, -0.05) is 30.3 Å². The van der Waals surface area contributed by atoms with Crippen LogP contribution in [0.2, 0.25) is 0 Å². The molecule has 222 valence electrons. The Kier molecular flexibility index (Phi) is 11.8. The van der Waals surface area contributed by atoms with Gasteiger partial charge in [-0.15, -0.1) is 10.2 Å². The average Bonchev–Trinajstić information content (AvgIpc) is 3.59. The van der Waals surface area contributed by atoms with Crippen molar-refractivity contribution < 1.29 is 30.3 Å². The molecule has 1 aromatic heterocycles. The van der Waals surface area contributed by atoms with Crippen molar-refractivity contribution in [1.29, 1.82) is 0 Å². The summed E-state index contributed by atoms with van der Waals surface area (Å²) in [4.78, 5) is 11.3. The minimum Gasteiger partial charge on any atom is -0.505 e. The number of aromatic carboxylic acids is 1. The molecule has 3 aromatic carbocycles. The summed E-state index contributed by atoms with van der Waals surface area (Å²) < 4.78 is 1.69. The van der Waals surface area contributed by atoms with Crippen molar-refractivity contribution in [3.8, 4) is 28.4 Å². The fourth-order valence-electron chi connectivity index (χ4n) is 4.40. The van der Waals surface area contributed by atoms with E-state index in [-0.39, 0.29) is 36.1 Å². The van der Waals surface area contributed by atoms with E-state index in [4.69, 9.17) is 21.7 Å². The van der Waals surface area contributed by atoms with Crippen LogP contribution in [0.3, 0.4) is 0 Å². The van der Waals surface area contributed by atoms with Gasteiger partial charge in [-0.2, -0.15) is 0 Å². The number of carboxylic acids is 1. The second kappa shape index (κ2) is 15.5. The Balaban J connectivity index is 0.000000540. The van der Waals surface area contributed by atoms with Gasteiger partial charge in [0.05, 0.1) is 18.8 Å². The van der Waals surface area contributed by atoms with Gasteiger partial charge in [0.15, 0.2) is 11.4 Å². The molecule has 5 rings (SSSR count). The Morgan fingerprint density at radius 2 is 1.57 bits per heavy atom. The predicted molar refractivity (Wildman–Crippen MR) is 161 cm³/mol. The molecule has 4 aromatic rings.